The van der Waals surface area contributed by atoms with E-state index in [2.05, 4.69) is 5.32 Å². The lowest BCUT2D eigenvalue weighted by Gasteiger charge is -2.06. The van der Waals surface area contributed by atoms with Crippen LogP contribution in [0.4, 0.5) is 0 Å². The molecule has 1 amide bonds. The molecule has 3 nitrogen and oxygen atoms in total. The maximum absolute atomic E-state index is 11.4. The number of benzene rings is 1. The van der Waals surface area contributed by atoms with Crippen molar-refractivity contribution in [1.29, 1.82) is 0 Å². The van der Waals surface area contributed by atoms with E-state index in [0.717, 1.165) is 5.56 Å². The highest BCUT2D eigenvalue weighted by molar-refractivity contribution is 6.36. The third-order valence-electron chi connectivity index (χ3n) is 2.46. The Morgan fingerprint density at radius 2 is 1.83 bits per heavy atom. The number of rotatable bonds is 6. The van der Waals surface area contributed by atoms with E-state index in [9.17, 15) is 9.59 Å². The highest BCUT2D eigenvalue weighted by Gasteiger charge is 2.14. The Hall–Kier alpha value is -1.35. The quantitative estimate of drug-likeness (QED) is 0.806. The van der Waals surface area contributed by atoms with Crippen molar-refractivity contribution < 1.29 is 9.59 Å². The van der Waals surface area contributed by atoms with Crippen LogP contribution < -0.4 is 5.32 Å². The van der Waals surface area contributed by atoms with Gasteiger partial charge in [-0.3, -0.25) is 9.59 Å². The smallest absolute Gasteiger partial charge is 0.287 e. The maximum atomic E-state index is 11.4. The molecular weight excluding hydrogens is 250 g/mol. The van der Waals surface area contributed by atoms with Crippen LogP contribution in [0.5, 0.6) is 0 Å². The largest absolute Gasteiger partial charge is 0.349 e. The lowest BCUT2D eigenvalue weighted by molar-refractivity contribution is -0.138. The number of hydrogen-bond donors (Lipinski definition) is 1. The van der Waals surface area contributed by atoms with E-state index < -0.39 is 5.91 Å². The van der Waals surface area contributed by atoms with Crippen molar-refractivity contribution in [1.82, 2.24) is 5.32 Å². The molecule has 0 heterocycles. The molecule has 0 aliphatic carbocycles. The first-order valence-electron chi connectivity index (χ1n) is 6.04. The van der Waals surface area contributed by atoms with Gasteiger partial charge in [0.15, 0.2) is 0 Å². The van der Waals surface area contributed by atoms with E-state index in [-0.39, 0.29) is 11.7 Å². The Labute approximate surface area is 113 Å². The van der Waals surface area contributed by atoms with Gasteiger partial charge in [0, 0.05) is 18.0 Å². The molecule has 0 spiro atoms. The summed E-state index contributed by atoms with van der Waals surface area (Å²) in [5.74, 6) is -0.627. The molecule has 4 heteroatoms. The Bertz CT molecular complexity index is 412. The van der Waals surface area contributed by atoms with Gasteiger partial charge in [-0.2, -0.15) is 0 Å². The summed E-state index contributed by atoms with van der Waals surface area (Å²) in [6, 6.07) is 7.43. The van der Waals surface area contributed by atoms with Gasteiger partial charge >= 0.3 is 0 Å². The van der Waals surface area contributed by atoms with Crippen molar-refractivity contribution in [2.75, 3.05) is 6.54 Å². The maximum Gasteiger partial charge on any atom is 0.287 e. The first kappa shape index (κ1) is 14.7. The van der Waals surface area contributed by atoms with Crippen LogP contribution in [0, 0.1) is 5.92 Å². The van der Waals surface area contributed by atoms with Crippen LogP contribution in [0.3, 0.4) is 0 Å². The minimum Gasteiger partial charge on any atom is -0.349 e. The van der Waals surface area contributed by atoms with Crippen LogP contribution in [0.15, 0.2) is 24.3 Å². The molecule has 0 aliphatic heterocycles. The highest BCUT2D eigenvalue weighted by atomic mass is 35.5. The predicted molar refractivity (Wildman–Crippen MR) is 72.6 cm³/mol. The summed E-state index contributed by atoms with van der Waals surface area (Å²) in [5.41, 5.74) is 1.08. The molecule has 0 atom stereocenters. The molecule has 1 N–H and O–H groups in total. The Balaban J connectivity index is 2.31. The van der Waals surface area contributed by atoms with Crippen LogP contribution in [0.2, 0.25) is 5.02 Å². The Kier molecular flexibility index (Phi) is 5.86. The van der Waals surface area contributed by atoms with Crippen molar-refractivity contribution in [3.8, 4) is 0 Å². The number of hydrogen-bond acceptors (Lipinski definition) is 2. The molecule has 18 heavy (non-hydrogen) atoms. The van der Waals surface area contributed by atoms with E-state index >= 15 is 0 Å². The minimum absolute atomic E-state index is 0.208. The van der Waals surface area contributed by atoms with Crippen molar-refractivity contribution in [2.24, 2.45) is 5.92 Å². The third kappa shape index (κ3) is 5.32. The van der Waals surface area contributed by atoms with Crippen LogP contribution in [0.25, 0.3) is 0 Å². The summed E-state index contributed by atoms with van der Waals surface area (Å²) in [7, 11) is 0. The van der Waals surface area contributed by atoms with Gasteiger partial charge in [-0.15, -0.1) is 0 Å². The zero-order chi connectivity index (χ0) is 13.5. The standard InChI is InChI=1S/C14H18ClNO2/c1-10(2)9-13(17)14(18)16-8-7-11-3-5-12(15)6-4-11/h3-6,10H,7-9H2,1-2H3,(H,16,18). The van der Waals surface area contributed by atoms with Crippen molar-refractivity contribution >= 4 is 23.3 Å². The molecule has 1 rings (SSSR count). The zero-order valence-corrected chi connectivity index (χ0v) is 11.5. The zero-order valence-electron chi connectivity index (χ0n) is 10.7. The number of carbonyl (C=O) groups excluding carboxylic acids is 2. The molecule has 0 saturated carbocycles. The number of nitrogens with one attached hydrogen (secondary N) is 1. The second kappa shape index (κ2) is 7.17. The van der Waals surface area contributed by atoms with Crippen molar-refractivity contribution in [3.05, 3.63) is 34.9 Å². The fraction of sp³-hybridized carbons (Fsp3) is 0.429. The van der Waals surface area contributed by atoms with Gasteiger partial charge in [-0.25, -0.2) is 0 Å². The molecule has 0 radical (unpaired) electrons. The van der Waals surface area contributed by atoms with Crippen molar-refractivity contribution in [2.45, 2.75) is 26.7 Å². The van der Waals surface area contributed by atoms with Gasteiger partial charge in [0.1, 0.15) is 0 Å². The predicted octanol–water partition coefficient (Wildman–Crippen LogP) is 2.61. The molecule has 0 aromatic heterocycles. The molecular formula is C14H18ClNO2. The molecule has 0 unspecified atom stereocenters. The number of amides is 1. The minimum atomic E-state index is -0.488. The number of ketones is 1. The van der Waals surface area contributed by atoms with Gasteiger partial charge in [-0.1, -0.05) is 37.6 Å². The average molecular weight is 268 g/mol. The first-order valence-corrected chi connectivity index (χ1v) is 6.42. The van der Waals surface area contributed by atoms with E-state index in [0.29, 0.717) is 24.4 Å². The molecule has 98 valence electrons. The van der Waals surface area contributed by atoms with Crippen LogP contribution in [0.1, 0.15) is 25.8 Å². The van der Waals surface area contributed by atoms with Crippen molar-refractivity contribution in [3.63, 3.8) is 0 Å². The van der Waals surface area contributed by atoms with Gasteiger partial charge in [0.05, 0.1) is 0 Å². The molecule has 1 aromatic carbocycles. The Morgan fingerprint density at radius 1 is 1.22 bits per heavy atom. The highest BCUT2D eigenvalue weighted by Crippen LogP contribution is 2.09. The summed E-state index contributed by atoms with van der Waals surface area (Å²) < 4.78 is 0. The fourth-order valence-corrected chi connectivity index (χ4v) is 1.66. The molecule has 1 aromatic rings. The van der Waals surface area contributed by atoms with E-state index in [1.54, 1.807) is 0 Å². The second-order valence-electron chi connectivity index (χ2n) is 4.65. The topological polar surface area (TPSA) is 46.2 Å². The van der Waals surface area contributed by atoms with Gasteiger partial charge in [0.2, 0.25) is 5.78 Å². The van der Waals surface area contributed by atoms with Gasteiger partial charge in [0.25, 0.3) is 5.91 Å². The van der Waals surface area contributed by atoms with Crippen LogP contribution >= 0.6 is 11.6 Å². The lowest BCUT2D eigenvalue weighted by Crippen LogP contribution is -2.33. The average Bonchev–Trinajstić information content (AvgIpc) is 2.30. The lowest BCUT2D eigenvalue weighted by atomic mass is 10.1. The number of Topliss-reactive ketones (excluding diaryl/α,β-unsaturated/α-hetero) is 1. The summed E-state index contributed by atoms with van der Waals surface area (Å²) in [6.45, 7) is 4.29. The summed E-state index contributed by atoms with van der Waals surface area (Å²) >= 11 is 5.77. The SMILES string of the molecule is CC(C)CC(=O)C(=O)NCCc1ccc(Cl)cc1. The number of carbonyl (C=O) groups is 2. The molecule has 0 saturated heterocycles. The van der Waals surface area contributed by atoms with Gasteiger partial charge < -0.3 is 5.32 Å². The van der Waals surface area contributed by atoms with Gasteiger partial charge in [-0.05, 0) is 30.0 Å². The second-order valence-corrected chi connectivity index (χ2v) is 5.09. The fourth-order valence-electron chi connectivity index (χ4n) is 1.53. The molecule has 0 aliphatic rings. The van der Waals surface area contributed by atoms with Crippen LogP contribution in [-0.4, -0.2) is 18.2 Å². The third-order valence-corrected chi connectivity index (χ3v) is 2.71. The van der Waals surface area contributed by atoms with E-state index in [1.165, 1.54) is 0 Å². The van der Waals surface area contributed by atoms with E-state index in [4.69, 9.17) is 11.6 Å². The van der Waals surface area contributed by atoms with Crippen LogP contribution in [-0.2, 0) is 16.0 Å². The normalized spacial score (nSPS) is 10.4. The summed E-state index contributed by atoms with van der Waals surface area (Å²) in [5, 5.41) is 3.32. The first-order chi connectivity index (χ1) is 8.49. The number of halogens is 1. The summed E-state index contributed by atoms with van der Waals surface area (Å²) in [6.07, 6.45) is 0.991. The molecule has 0 fully saturated rings. The van der Waals surface area contributed by atoms with E-state index in [1.807, 2.05) is 38.1 Å². The molecule has 0 bridgehead atoms. The summed E-state index contributed by atoms with van der Waals surface area (Å²) in [4.78, 5) is 22.9. The Morgan fingerprint density at radius 3 is 2.39 bits per heavy atom. The monoisotopic (exact) mass is 267 g/mol.